The second-order valence-electron chi connectivity index (χ2n) is 6.10. The maximum Gasteiger partial charge on any atom is 0.255 e. The van der Waals surface area contributed by atoms with E-state index in [0.717, 1.165) is 9.13 Å². The van der Waals surface area contributed by atoms with Gasteiger partial charge < -0.3 is 10.2 Å². The lowest BCUT2D eigenvalue weighted by Crippen LogP contribution is -2.50. The van der Waals surface area contributed by atoms with Gasteiger partial charge in [0.05, 0.1) is 12.1 Å². The third-order valence-corrected chi connectivity index (χ3v) is 5.20. The molecule has 5 nitrogen and oxygen atoms in total. The van der Waals surface area contributed by atoms with Crippen molar-refractivity contribution in [2.24, 2.45) is 0 Å². The summed E-state index contributed by atoms with van der Waals surface area (Å²) in [5.74, 6) is -0.448. The van der Waals surface area contributed by atoms with Gasteiger partial charge in [-0.1, -0.05) is 12.1 Å². The van der Waals surface area contributed by atoms with E-state index >= 15 is 0 Å². The lowest BCUT2D eigenvalue weighted by atomic mass is 10.2. The predicted molar refractivity (Wildman–Crippen MR) is 107 cm³/mol. The highest BCUT2D eigenvalue weighted by Gasteiger charge is 2.24. The van der Waals surface area contributed by atoms with Crippen LogP contribution in [0, 0.1) is 9.39 Å². The largest absolute Gasteiger partial charge is 0.336 e. The van der Waals surface area contributed by atoms with Crippen LogP contribution in [0.2, 0.25) is 0 Å². The SMILES string of the molecule is O=C(CN1CCN(C(=O)c2ccccc2I)CC1)Nc1ccc(F)cc1. The van der Waals surface area contributed by atoms with Crippen molar-refractivity contribution in [3.63, 3.8) is 0 Å². The zero-order valence-corrected chi connectivity index (χ0v) is 16.3. The molecule has 0 spiro atoms. The standard InChI is InChI=1S/C19H19FIN3O2/c20-14-5-7-15(8-6-14)22-18(25)13-23-9-11-24(12-10-23)19(26)16-3-1-2-4-17(16)21/h1-8H,9-13H2,(H,22,25). The highest BCUT2D eigenvalue weighted by molar-refractivity contribution is 14.1. The molecular formula is C19H19FIN3O2. The van der Waals surface area contributed by atoms with Crippen molar-refractivity contribution < 1.29 is 14.0 Å². The number of nitrogens with one attached hydrogen (secondary N) is 1. The van der Waals surface area contributed by atoms with Gasteiger partial charge in [0.1, 0.15) is 5.82 Å². The van der Waals surface area contributed by atoms with E-state index in [1.165, 1.54) is 24.3 Å². The van der Waals surface area contributed by atoms with Gasteiger partial charge in [-0.3, -0.25) is 14.5 Å². The average Bonchev–Trinajstić information content (AvgIpc) is 2.64. The van der Waals surface area contributed by atoms with Crippen LogP contribution >= 0.6 is 22.6 Å². The summed E-state index contributed by atoms with van der Waals surface area (Å²) in [6.45, 7) is 2.72. The van der Waals surface area contributed by atoms with Gasteiger partial charge >= 0.3 is 0 Å². The van der Waals surface area contributed by atoms with Crippen molar-refractivity contribution in [3.05, 3.63) is 63.5 Å². The Hall–Kier alpha value is -2.00. The maximum atomic E-state index is 12.9. The Bertz CT molecular complexity index is 790. The minimum absolute atomic E-state index is 0.0328. The minimum atomic E-state index is -0.336. The van der Waals surface area contributed by atoms with Gasteiger partial charge in [0.15, 0.2) is 0 Å². The van der Waals surface area contributed by atoms with E-state index in [1.807, 2.05) is 34.1 Å². The second-order valence-corrected chi connectivity index (χ2v) is 7.27. The molecule has 0 unspecified atom stereocenters. The van der Waals surface area contributed by atoms with Crippen LogP contribution in [-0.2, 0) is 4.79 Å². The lowest BCUT2D eigenvalue weighted by Gasteiger charge is -2.34. The van der Waals surface area contributed by atoms with E-state index in [4.69, 9.17) is 0 Å². The molecule has 0 bridgehead atoms. The first-order chi connectivity index (χ1) is 12.5. The van der Waals surface area contributed by atoms with Crippen LogP contribution in [0.25, 0.3) is 0 Å². The summed E-state index contributed by atoms with van der Waals surface area (Å²) in [5, 5.41) is 2.75. The predicted octanol–water partition coefficient (Wildman–Crippen LogP) is 2.83. The van der Waals surface area contributed by atoms with E-state index < -0.39 is 0 Å². The molecule has 0 aromatic heterocycles. The summed E-state index contributed by atoms with van der Waals surface area (Å²) < 4.78 is 13.8. The van der Waals surface area contributed by atoms with Crippen molar-refractivity contribution in [3.8, 4) is 0 Å². The quantitative estimate of drug-likeness (QED) is 0.704. The van der Waals surface area contributed by atoms with Crippen LogP contribution in [0.1, 0.15) is 10.4 Å². The summed E-state index contributed by atoms with van der Waals surface area (Å²) in [5.41, 5.74) is 1.29. The zero-order chi connectivity index (χ0) is 18.5. The van der Waals surface area contributed by atoms with Crippen LogP contribution in [-0.4, -0.2) is 54.3 Å². The molecule has 0 atom stereocenters. The molecule has 2 aromatic rings. The Balaban J connectivity index is 1.49. The van der Waals surface area contributed by atoms with Crippen LogP contribution in [0.4, 0.5) is 10.1 Å². The van der Waals surface area contributed by atoms with Crippen molar-refractivity contribution in [2.75, 3.05) is 38.0 Å². The Morgan fingerprint density at radius 3 is 2.31 bits per heavy atom. The number of hydrogen-bond acceptors (Lipinski definition) is 3. The van der Waals surface area contributed by atoms with Crippen LogP contribution in [0.5, 0.6) is 0 Å². The van der Waals surface area contributed by atoms with Crippen LogP contribution in [0.15, 0.2) is 48.5 Å². The first kappa shape index (κ1) is 18.8. The van der Waals surface area contributed by atoms with Gasteiger partial charge in [-0.15, -0.1) is 0 Å². The van der Waals surface area contributed by atoms with E-state index in [0.29, 0.717) is 31.9 Å². The molecule has 1 saturated heterocycles. The fourth-order valence-electron chi connectivity index (χ4n) is 2.85. The molecule has 1 aliphatic rings. The fourth-order valence-corrected chi connectivity index (χ4v) is 3.47. The Morgan fingerprint density at radius 1 is 1.00 bits per heavy atom. The summed E-state index contributed by atoms with van der Waals surface area (Å²) >= 11 is 2.17. The third kappa shape index (κ3) is 4.79. The van der Waals surface area contributed by atoms with Gasteiger partial charge in [0.2, 0.25) is 5.91 Å². The van der Waals surface area contributed by atoms with E-state index in [9.17, 15) is 14.0 Å². The van der Waals surface area contributed by atoms with Gasteiger partial charge in [0, 0.05) is 35.4 Å². The van der Waals surface area contributed by atoms with Crippen LogP contribution < -0.4 is 5.32 Å². The third-order valence-electron chi connectivity index (χ3n) is 4.26. The molecule has 7 heteroatoms. The molecule has 26 heavy (non-hydrogen) atoms. The zero-order valence-electron chi connectivity index (χ0n) is 14.1. The smallest absolute Gasteiger partial charge is 0.255 e. The summed E-state index contributed by atoms with van der Waals surface area (Å²) in [4.78, 5) is 28.6. The molecule has 3 rings (SSSR count). The molecule has 136 valence electrons. The van der Waals surface area contributed by atoms with Crippen molar-refractivity contribution in [1.82, 2.24) is 9.80 Å². The van der Waals surface area contributed by atoms with Crippen molar-refractivity contribution in [2.45, 2.75) is 0 Å². The number of halogens is 2. The molecule has 0 aliphatic carbocycles. The normalized spacial score (nSPS) is 14.9. The number of hydrogen-bond donors (Lipinski definition) is 1. The summed E-state index contributed by atoms with van der Waals surface area (Å²) in [7, 11) is 0. The highest BCUT2D eigenvalue weighted by Crippen LogP contribution is 2.15. The monoisotopic (exact) mass is 467 g/mol. The molecule has 2 amide bonds. The molecule has 1 fully saturated rings. The van der Waals surface area contributed by atoms with E-state index in [-0.39, 0.29) is 24.2 Å². The van der Waals surface area contributed by atoms with Crippen molar-refractivity contribution >= 4 is 40.1 Å². The molecule has 1 aliphatic heterocycles. The van der Waals surface area contributed by atoms with Gasteiger partial charge in [-0.05, 0) is 59.0 Å². The number of benzene rings is 2. The number of anilines is 1. The number of carbonyl (C=O) groups excluding carboxylic acids is 2. The van der Waals surface area contributed by atoms with E-state index in [2.05, 4.69) is 27.9 Å². The van der Waals surface area contributed by atoms with E-state index in [1.54, 1.807) is 0 Å². The summed E-state index contributed by atoms with van der Waals surface area (Å²) in [6, 6.07) is 13.2. The molecule has 1 heterocycles. The number of piperazine rings is 1. The van der Waals surface area contributed by atoms with Gasteiger partial charge in [0.25, 0.3) is 5.91 Å². The first-order valence-electron chi connectivity index (χ1n) is 8.34. The number of nitrogens with zero attached hydrogens (tertiary/aromatic N) is 2. The molecule has 1 N–H and O–H groups in total. The number of amides is 2. The minimum Gasteiger partial charge on any atom is -0.336 e. The molecule has 2 aromatic carbocycles. The summed E-state index contributed by atoms with van der Waals surface area (Å²) in [6.07, 6.45) is 0. The van der Waals surface area contributed by atoms with Crippen molar-refractivity contribution in [1.29, 1.82) is 0 Å². The first-order valence-corrected chi connectivity index (χ1v) is 9.42. The van der Waals surface area contributed by atoms with Crippen LogP contribution in [0.3, 0.4) is 0 Å². The number of carbonyl (C=O) groups is 2. The fraction of sp³-hybridized carbons (Fsp3) is 0.263. The highest BCUT2D eigenvalue weighted by atomic mass is 127. The molecular weight excluding hydrogens is 448 g/mol. The van der Waals surface area contributed by atoms with Gasteiger partial charge in [-0.2, -0.15) is 0 Å². The van der Waals surface area contributed by atoms with Gasteiger partial charge in [-0.25, -0.2) is 4.39 Å². The lowest BCUT2D eigenvalue weighted by molar-refractivity contribution is -0.117. The average molecular weight is 467 g/mol. The second kappa shape index (κ2) is 8.59. The number of rotatable bonds is 4. The topological polar surface area (TPSA) is 52.7 Å². The Kier molecular flexibility index (Phi) is 6.20. The molecule has 0 saturated carbocycles. The maximum absolute atomic E-state index is 12.9. The Labute approximate surface area is 165 Å². The Morgan fingerprint density at radius 2 is 1.65 bits per heavy atom. The molecule has 0 radical (unpaired) electrons.